The lowest BCUT2D eigenvalue weighted by molar-refractivity contribution is -0.136. The van der Waals surface area contributed by atoms with Gasteiger partial charge in [-0.3, -0.25) is 14.2 Å². The highest BCUT2D eigenvalue weighted by Crippen LogP contribution is 2.43. The molecular formula is C22H19N3O4. The zero-order valence-electron chi connectivity index (χ0n) is 15.7. The molecule has 0 atom stereocenters. The smallest absolute Gasteiger partial charge is 0.339 e. The average molecular weight is 389 g/mol. The van der Waals surface area contributed by atoms with E-state index in [-0.39, 0.29) is 24.0 Å². The summed E-state index contributed by atoms with van der Waals surface area (Å²) >= 11 is 0. The van der Waals surface area contributed by atoms with Gasteiger partial charge in [-0.2, -0.15) is 0 Å². The first kappa shape index (κ1) is 17.6. The standard InChI is InChI=1S/C22H19N3O4/c26-19(13-25-14-23-18-8-4-2-6-16(18)20(25)27)24-11-9-22(10-12-24)17-7-3-1-5-15(17)21(28)29-22/h1-8,14H,9-13H2. The van der Waals surface area contributed by atoms with Crippen molar-refractivity contribution in [2.24, 2.45) is 0 Å². The van der Waals surface area contributed by atoms with Crippen molar-refractivity contribution in [2.45, 2.75) is 25.0 Å². The van der Waals surface area contributed by atoms with Gasteiger partial charge in [-0.1, -0.05) is 30.3 Å². The Hall–Kier alpha value is -3.48. The van der Waals surface area contributed by atoms with Gasteiger partial charge in [0.25, 0.3) is 5.56 Å². The molecule has 3 aromatic rings. The van der Waals surface area contributed by atoms with Gasteiger partial charge in [0.1, 0.15) is 12.1 Å². The van der Waals surface area contributed by atoms with Gasteiger partial charge in [0.05, 0.1) is 22.8 Å². The normalized spacial score (nSPS) is 17.4. The molecule has 146 valence electrons. The SMILES string of the molecule is O=C1OC2(CCN(C(=O)Cn3cnc4ccccc4c3=O)CC2)c2ccccc21. The number of aromatic nitrogens is 2. The molecule has 7 heteroatoms. The molecule has 0 aliphatic carbocycles. The monoisotopic (exact) mass is 389 g/mol. The summed E-state index contributed by atoms with van der Waals surface area (Å²) in [7, 11) is 0. The van der Waals surface area contributed by atoms with Crippen LogP contribution in [0.25, 0.3) is 10.9 Å². The van der Waals surface area contributed by atoms with E-state index in [9.17, 15) is 14.4 Å². The lowest BCUT2D eigenvalue weighted by atomic mass is 9.84. The zero-order valence-corrected chi connectivity index (χ0v) is 15.7. The molecule has 2 aliphatic rings. The maximum Gasteiger partial charge on any atom is 0.339 e. The highest BCUT2D eigenvalue weighted by molar-refractivity contribution is 5.94. The summed E-state index contributed by atoms with van der Waals surface area (Å²) in [6.45, 7) is 0.881. The molecule has 1 spiro atoms. The first-order chi connectivity index (χ1) is 14.1. The summed E-state index contributed by atoms with van der Waals surface area (Å²) in [5, 5.41) is 0.495. The Morgan fingerprint density at radius 2 is 1.76 bits per heavy atom. The van der Waals surface area contributed by atoms with Crippen molar-refractivity contribution in [1.29, 1.82) is 0 Å². The molecule has 1 aromatic heterocycles. The van der Waals surface area contributed by atoms with Crippen LogP contribution in [0.15, 0.2) is 59.7 Å². The molecule has 0 N–H and O–H groups in total. The maximum absolute atomic E-state index is 12.8. The van der Waals surface area contributed by atoms with Gasteiger partial charge in [-0.25, -0.2) is 9.78 Å². The summed E-state index contributed by atoms with van der Waals surface area (Å²) in [4.78, 5) is 43.6. The lowest BCUT2D eigenvalue weighted by Crippen LogP contribution is -2.47. The predicted molar refractivity (Wildman–Crippen MR) is 105 cm³/mol. The van der Waals surface area contributed by atoms with E-state index in [1.165, 1.54) is 10.9 Å². The molecule has 0 saturated carbocycles. The number of likely N-dealkylation sites (tertiary alicyclic amines) is 1. The molecule has 1 amide bonds. The first-order valence-electron chi connectivity index (χ1n) is 9.62. The van der Waals surface area contributed by atoms with Gasteiger partial charge >= 0.3 is 5.97 Å². The first-order valence-corrected chi connectivity index (χ1v) is 9.62. The molecular weight excluding hydrogens is 370 g/mol. The number of hydrogen-bond acceptors (Lipinski definition) is 5. The van der Waals surface area contributed by atoms with E-state index >= 15 is 0 Å². The van der Waals surface area contributed by atoms with E-state index < -0.39 is 5.60 Å². The van der Waals surface area contributed by atoms with Crippen LogP contribution in [-0.4, -0.2) is 39.4 Å². The van der Waals surface area contributed by atoms with Crippen molar-refractivity contribution in [3.05, 3.63) is 76.3 Å². The van der Waals surface area contributed by atoms with Crippen molar-refractivity contribution >= 4 is 22.8 Å². The van der Waals surface area contributed by atoms with Crippen LogP contribution in [0.3, 0.4) is 0 Å². The number of amides is 1. The number of carbonyl (C=O) groups is 2. The van der Waals surface area contributed by atoms with Gasteiger partial charge in [0.15, 0.2) is 0 Å². The number of nitrogens with zero attached hydrogens (tertiary/aromatic N) is 3. The minimum Gasteiger partial charge on any atom is -0.450 e. The van der Waals surface area contributed by atoms with Crippen LogP contribution in [0.5, 0.6) is 0 Å². The molecule has 5 rings (SSSR count). The van der Waals surface area contributed by atoms with Crippen LogP contribution < -0.4 is 5.56 Å². The number of fused-ring (bicyclic) bond motifs is 3. The molecule has 29 heavy (non-hydrogen) atoms. The van der Waals surface area contributed by atoms with Crippen molar-refractivity contribution in [2.75, 3.05) is 13.1 Å². The fourth-order valence-corrected chi connectivity index (χ4v) is 4.30. The van der Waals surface area contributed by atoms with E-state index in [0.717, 1.165) is 5.56 Å². The van der Waals surface area contributed by atoms with E-state index in [0.29, 0.717) is 42.4 Å². The maximum atomic E-state index is 12.8. The number of para-hydroxylation sites is 1. The Balaban J connectivity index is 1.32. The Labute approximate surface area is 166 Å². The summed E-state index contributed by atoms with van der Waals surface area (Å²) in [6.07, 6.45) is 2.52. The highest BCUT2D eigenvalue weighted by Gasteiger charge is 2.47. The largest absolute Gasteiger partial charge is 0.450 e. The topological polar surface area (TPSA) is 81.5 Å². The quantitative estimate of drug-likeness (QED) is 0.627. The Morgan fingerprint density at radius 3 is 2.59 bits per heavy atom. The number of carbonyl (C=O) groups excluding carboxylic acids is 2. The lowest BCUT2D eigenvalue weighted by Gasteiger charge is -2.38. The van der Waals surface area contributed by atoms with Gasteiger partial charge in [0, 0.05) is 31.5 Å². The molecule has 0 unspecified atom stereocenters. The molecule has 2 aliphatic heterocycles. The summed E-state index contributed by atoms with van der Waals surface area (Å²) in [6, 6.07) is 14.5. The van der Waals surface area contributed by atoms with E-state index in [4.69, 9.17) is 4.74 Å². The third-order valence-electron chi connectivity index (χ3n) is 5.89. The Bertz CT molecular complexity index is 1190. The van der Waals surface area contributed by atoms with Crippen LogP contribution in [0, 0.1) is 0 Å². The second-order valence-corrected chi connectivity index (χ2v) is 7.50. The fraction of sp³-hybridized carbons (Fsp3) is 0.273. The molecule has 1 saturated heterocycles. The van der Waals surface area contributed by atoms with Crippen LogP contribution in [-0.2, 0) is 21.7 Å². The number of benzene rings is 2. The number of esters is 1. The minimum atomic E-state index is -0.647. The minimum absolute atomic E-state index is 0.0555. The number of hydrogen-bond donors (Lipinski definition) is 0. The van der Waals surface area contributed by atoms with Gasteiger partial charge in [-0.15, -0.1) is 0 Å². The number of rotatable bonds is 2. The van der Waals surface area contributed by atoms with Crippen LogP contribution in [0.1, 0.15) is 28.8 Å². The van der Waals surface area contributed by atoms with E-state index in [1.807, 2.05) is 24.3 Å². The molecule has 1 fully saturated rings. The second kappa shape index (κ2) is 6.55. The Kier molecular flexibility index (Phi) is 3.97. The van der Waals surface area contributed by atoms with E-state index in [1.54, 1.807) is 29.2 Å². The van der Waals surface area contributed by atoms with Crippen molar-refractivity contribution in [3.63, 3.8) is 0 Å². The zero-order chi connectivity index (χ0) is 20.0. The van der Waals surface area contributed by atoms with Crippen molar-refractivity contribution < 1.29 is 14.3 Å². The highest BCUT2D eigenvalue weighted by atomic mass is 16.6. The molecule has 0 bridgehead atoms. The van der Waals surface area contributed by atoms with E-state index in [2.05, 4.69) is 4.98 Å². The van der Waals surface area contributed by atoms with Gasteiger partial charge in [-0.05, 0) is 18.2 Å². The van der Waals surface area contributed by atoms with Gasteiger partial charge < -0.3 is 9.64 Å². The second-order valence-electron chi connectivity index (χ2n) is 7.50. The van der Waals surface area contributed by atoms with Gasteiger partial charge in [0.2, 0.25) is 5.91 Å². The molecule has 3 heterocycles. The Morgan fingerprint density at radius 1 is 1.03 bits per heavy atom. The molecule has 2 aromatic carbocycles. The van der Waals surface area contributed by atoms with Crippen LogP contribution in [0.4, 0.5) is 0 Å². The van der Waals surface area contributed by atoms with Crippen LogP contribution in [0.2, 0.25) is 0 Å². The fourth-order valence-electron chi connectivity index (χ4n) is 4.30. The third kappa shape index (κ3) is 2.81. The summed E-state index contributed by atoms with van der Waals surface area (Å²) in [5.74, 6) is -0.439. The predicted octanol–water partition coefficient (Wildman–Crippen LogP) is 2.08. The molecule has 0 radical (unpaired) electrons. The van der Waals surface area contributed by atoms with Crippen LogP contribution >= 0.6 is 0 Å². The number of ether oxygens (including phenoxy) is 1. The summed E-state index contributed by atoms with van der Waals surface area (Å²) in [5.41, 5.74) is 1.26. The molecule has 7 nitrogen and oxygen atoms in total. The average Bonchev–Trinajstić information content (AvgIpc) is 3.02. The summed E-state index contributed by atoms with van der Waals surface area (Å²) < 4.78 is 7.08. The van der Waals surface area contributed by atoms with Crippen molar-refractivity contribution in [1.82, 2.24) is 14.5 Å². The third-order valence-corrected chi connectivity index (χ3v) is 5.89. The van der Waals surface area contributed by atoms with Crippen molar-refractivity contribution in [3.8, 4) is 0 Å². The number of piperidine rings is 1.